The number of aromatic nitrogens is 3. The van der Waals surface area contributed by atoms with E-state index in [1.807, 2.05) is 90.4 Å². The van der Waals surface area contributed by atoms with Gasteiger partial charge in [-0.2, -0.15) is 0 Å². The first-order chi connectivity index (χ1) is 16.2. The molecule has 0 radical (unpaired) electrons. The predicted octanol–water partition coefficient (Wildman–Crippen LogP) is 4.84. The molecule has 0 bridgehead atoms. The topological polar surface area (TPSA) is 78.3 Å². The zero-order valence-corrected chi connectivity index (χ0v) is 18.8. The van der Waals surface area contributed by atoms with Crippen molar-refractivity contribution >= 4 is 23.4 Å². The number of amides is 1. The van der Waals surface area contributed by atoms with Crippen LogP contribution >= 0.6 is 11.8 Å². The van der Waals surface area contributed by atoms with E-state index < -0.39 is 0 Å². The maximum Gasteiger partial charge on any atom is 0.237 e. The van der Waals surface area contributed by atoms with Crippen LogP contribution in [0.15, 0.2) is 84.0 Å². The first-order valence-corrected chi connectivity index (χ1v) is 11.4. The van der Waals surface area contributed by atoms with Gasteiger partial charge in [-0.05, 0) is 36.8 Å². The normalized spacial score (nSPS) is 13.0. The Morgan fingerprint density at radius 3 is 2.52 bits per heavy atom. The fourth-order valence-electron chi connectivity index (χ4n) is 3.52. The fourth-order valence-corrected chi connectivity index (χ4v) is 4.37. The highest BCUT2D eigenvalue weighted by Gasteiger charge is 2.22. The number of nitrogens with zero attached hydrogens (tertiary/aromatic N) is 3. The molecule has 2 heterocycles. The summed E-state index contributed by atoms with van der Waals surface area (Å²) in [7, 11) is 0. The van der Waals surface area contributed by atoms with Gasteiger partial charge in [0.15, 0.2) is 22.5 Å². The van der Waals surface area contributed by atoms with Crippen LogP contribution in [-0.4, -0.2) is 32.7 Å². The molecule has 4 aromatic rings. The van der Waals surface area contributed by atoms with Gasteiger partial charge in [0.25, 0.3) is 0 Å². The molecule has 0 saturated heterocycles. The third kappa shape index (κ3) is 4.70. The van der Waals surface area contributed by atoms with Gasteiger partial charge < -0.3 is 14.8 Å². The number of para-hydroxylation sites is 1. The van der Waals surface area contributed by atoms with Crippen LogP contribution in [0.1, 0.15) is 12.5 Å². The van der Waals surface area contributed by atoms with E-state index in [0.29, 0.717) is 11.7 Å². The number of fused-ring (bicyclic) bond motifs is 1. The summed E-state index contributed by atoms with van der Waals surface area (Å²) < 4.78 is 13.0. The van der Waals surface area contributed by atoms with Crippen LogP contribution in [0.4, 0.5) is 5.69 Å². The average Bonchev–Trinajstić information content (AvgIpc) is 3.47. The molecule has 1 N–H and O–H groups in total. The highest BCUT2D eigenvalue weighted by molar-refractivity contribution is 8.00. The minimum Gasteiger partial charge on any atom is -0.454 e. The largest absolute Gasteiger partial charge is 0.454 e. The number of benzene rings is 3. The van der Waals surface area contributed by atoms with Crippen LogP contribution < -0.4 is 14.8 Å². The number of thioether (sulfide) groups is 1. The first kappa shape index (κ1) is 21.1. The van der Waals surface area contributed by atoms with Gasteiger partial charge >= 0.3 is 0 Å². The third-order valence-electron chi connectivity index (χ3n) is 5.22. The quantitative estimate of drug-likeness (QED) is 0.399. The van der Waals surface area contributed by atoms with Crippen molar-refractivity contribution in [3.63, 3.8) is 0 Å². The summed E-state index contributed by atoms with van der Waals surface area (Å²) in [4.78, 5) is 12.8. The van der Waals surface area contributed by atoms with E-state index >= 15 is 0 Å². The molecular formula is C25H22N4O3S. The minimum absolute atomic E-state index is 0.0925. The van der Waals surface area contributed by atoms with Crippen LogP contribution in [0.2, 0.25) is 0 Å². The summed E-state index contributed by atoms with van der Waals surface area (Å²) in [5.41, 5.74) is 2.75. The number of carbonyl (C=O) groups is 1. The molecule has 1 unspecified atom stereocenters. The summed E-state index contributed by atoms with van der Waals surface area (Å²) in [5, 5.41) is 12.1. The van der Waals surface area contributed by atoms with Crippen LogP contribution in [-0.2, 0) is 11.3 Å². The van der Waals surface area contributed by atoms with Gasteiger partial charge in [-0.3, -0.25) is 9.36 Å². The highest BCUT2D eigenvalue weighted by Crippen LogP contribution is 2.34. The van der Waals surface area contributed by atoms with E-state index in [-0.39, 0.29) is 18.0 Å². The Labute approximate surface area is 195 Å². The summed E-state index contributed by atoms with van der Waals surface area (Å²) in [6, 6.07) is 25.2. The standard InChI is InChI=1S/C25H22N4O3S/c1-17(24(30)26-20-10-6-3-7-11-20)33-25-28-27-23(19-8-4-2-5-9-19)29(25)15-18-12-13-21-22(14-18)32-16-31-21/h2-14,17H,15-16H2,1H3,(H,26,30). The molecule has 166 valence electrons. The maximum atomic E-state index is 12.8. The Hall–Kier alpha value is -3.78. The monoisotopic (exact) mass is 458 g/mol. The molecule has 1 atom stereocenters. The SMILES string of the molecule is CC(Sc1nnc(-c2ccccc2)n1Cc1ccc2c(c1)OCO2)C(=O)Nc1ccccc1. The molecule has 5 rings (SSSR count). The second kappa shape index (κ2) is 9.38. The third-order valence-corrected chi connectivity index (χ3v) is 6.30. The van der Waals surface area contributed by atoms with Gasteiger partial charge in [-0.15, -0.1) is 10.2 Å². The number of rotatable bonds is 7. The lowest BCUT2D eigenvalue weighted by Crippen LogP contribution is -2.23. The molecular weight excluding hydrogens is 436 g/mol. The molecule has 3 aromatic carbocycles. The molecule has 8 heteroatoms. The lowest BCUT2D eigenvalue weighted by atomic mass is 10.2. The van der Waals surface area contributed by atoms with Crippen molar-refractivity contribution in [3.05, 3.63) is 84.4 Å². The lowest BCUT2D eigenvalue weighted by molar-refractivity contribution is -0.115. The molecule has 0 fully saturated rings. The lowest BCUT2D eigenvalue weighted by Gasteiger charge is -2.14. The number of hydrogen-bond acceptors (Lipinski definition) is 6. The summed E-state index contributed by atoms with van der Waals surface area (Å²) in [5.74, 6) is 2.12. The number of hydrogen-bond donors (Lipinski definition) is 1. The number of carbonyl (C=O) groups excluding carboxylic acids is 1. The number of ether oxygens (including phenoxy) is 2. The van der Waals surface area contributed by atoms with E-state index in [1.165, 1.54) is 11.8 Å². The van der Waals surface area contributed by atoms with Crippen molar-refractivity contribution in [1.82, 2.24) is 14.8 Å². The van der Waals surface area contributed by atoms with E-state index in [0.717, 1.165) is 34.1 Å². The summed E-state index contributed by atoms with van der Waals surface area (Å²) >= 11 is 1.38. The predicted molar refractivity (Wildman–Crippen MR) is 128 cm³/mol. The van der Waals surface area contributed by atoms with Crippen LogP contribution in [0.25, 0.3) is 11.4 Å². The molecule has 0 aliphatic carbocycles. The van der Waals surface area contributed by atoms with Crippen LogP contribution in [0.3, 0.4) is 0 Å². The van der Waals surface area contributed by atoms with E-state index in [1.54, 1.807) is 0 Å². The Morgan fingerprint density at radius 2 is 1.73 bits per heavy atom. The van der Waals surface area contributed by atoms with Crippen molar-refractivity contribution < 1.29 is 14.3 Å². The zero-order valence-electron chi connectivity index (χ0n) is 18.0. The van der Waals surface area contributed by atoms with Crippen molar-refractivity contribution in [1.29, 1.82) is 0 Å². The molecule has 0 saturated carbocycles. The Bertz CT molecular complexity index is 1260. The van der Waals surface area contributed by atoms with Gasteiger partial charge in [0.05, 0.1) is 11.8 Å². The molecule has 7 nitrogen and oxygen atoms in total. The fraction of sp³-hybridized carbons (Fsp3) is 0.160. The second-order valence-electron chi connectivity index (χ2n) is 7.56. The van der Waals surface area contributed by atoms with Gasteiger partial charge in [0, 0.05) is 11.3 Å². The van der Waals surface area contributed by atoms with Crippen molar-refractivity contribution in [2.24, 2.45) is 0 Å². The smallest absolute Gasteiger partial charge is 0.237 e. The van der Waals surface area contributed by atoms with Gasteiger partial charge in [0.2, 0.25) is 12.7 Å². The number of nitrogens with one attached hydrogen (secondary N) is 1. The average molecular weight is 459 g/mol. The van der Waals surface area contributed by atoms with Gasteiger partial charge in [-0.25, -0.2) is 0 Å². The summed E-state index contributed by atoms with van der Waals surface area (Å²) in [6.45, 7) is 2.63. The molecule has 1 aliphatic rings. The minimum atomic E-state index is -0.367. The van der Waals surface area contributed by atoms with Crippen molar-refractivity contribution in [2.75, 3.05) is 12.1 Å². The number of anilines is 1. The molecule has 1 amide bonds. The molecule has 33 heavy (non-hydrogen) atoms. The van der Waals surface area contributed by atoms with Crippen molar-refractivity contribution in [3.8, 4) is 22.9 Å². The van der Waals surface area contributed by atoms with E-state index in [4.69, 9.17) is 9.47 Å². The van der Waals surface area contributed by atoms with Crippen LogP contribution in [0.5, 0.6) is 11.5 Å². The molecule has 1 aliphatic heterocycles. The van der Waals surface area contributed by atoms with Gasteiger partial charge in [-0.1, -0.05) is 66.4 Å². The van der Waals surface area contributed by atoms with Gasteiger partial charge in [0.1, 0.15) is 0 Å². The second-order valence-corrected chi connectivity index (χ2v) is 8.87. The van der Waals surface area contributed by atoms with Crippen molar-refractivity contribution in [2.45, 2.75) is 23.9 Å². The van der Waals surface area contributed by atoms with E-state index in [2.05, 4.69) is 15.5 Å². The maximum absolute atomic E-state index is 12.8. The van der Waals surface area contributed by atoms with Crippen LogP contribution in [0, 0.1) is 0 Å². The van der Waals surface area contributed by atoms with E-state index in [9.17, 15) is 4.79 Å². The Balaban J connectivity index is 1.42. The Morgan fingerprint density at radius 1 is 1.00 bits per heavy atom. The molecule has 1 aromatic heterocycles. The summed E-state index contributed by atoms with van der Waals surface area (Å²) in [6.07, 6.45) is 0. The highest BCUT2D eigenvalue weighted by atomic mass is 32.2. The zero-order chi connectivity index (χ0) is 22.6. The first-order valence-electron chi connectivity index (χ1n) is 10.6. The molecule has 0 spiro atoms. The Kier molecular flexibility index (Phi) is 5.99.